The minimum Gasteiger partial charge on any atom is -0.421 e. The van der Waals surface area contributed by atoms with Crippen molar-refractivity contribution in [1.82, 2.24) is 24.5 Å². The fourth-order valence-electron chi connectivity index (χ4n) is 4.64. The molecular weight excluding hydrogens is 466 g/mol. The highest BCUT2D eigenvalue weighted by Gasteiger charge is 2.27. The maximum atomic E-state index is 11.7. The van der Waals surface area contributed by atoms with Gasteiger partial charge in [-0.2, -0.15) is 0 Å². The van der Waals surface area contributed by atoms with E-state index in [4.69, 9.17) is 9.72 Å². The van der Waals surface area contributed by atoms with E-state index in [-0.39, 0.29) is 5.91 Å². The molecule has 0 unspecified atom stereocenters. The van der Waals surface area contributed by atoms with Crippen molar-refractivity contribution in [2.75, 3.05) is 10.6 Å². The van der Waals surface area contributed by atoms with Gasteiger partial charge in [0.2, 0.25) is 17.7 Å². The van der Waals surface area contributed by atoms with E-state index in [2.05, 4.69) is 36.7 Å². The van der Waals surface area contributed by atoms with E-state index in [0.717, 1.165) is 50.6 Å². The van der Waals surface area contributed by atoms with Gasteiger partial charge < -0.3 is 19.9 Å². The second-order valence-corrected chi connectivity index (χ2v) is 8.69. The van der Waals surface area contributed by atoms with Crippen LogP contribution in [-0.2, 0) is 18.4 Å². The summed E-state index contributed by atoms with van der Waals surface area (Å²) in [5.74, 6) is 1.45. The number of nitrogens with one attached hydrogen (secondary N) is 2. The van der Waals surface area contributed by atoms with Crippen LogP contribution < -0.4 is 15.4 Å². The van der Waals surface area contributed by atoms with Crippen LogP contribution in [0.3, 0.4) is 0 Å². The molecule has 182 valence electrons. The van der Waals surface area contributed by atoms with Crippen molar-refractivity contribution in [3.8, 4) is 34.1 Å². The summed E-state index contributed by atoms with van der Waals surface area (Å²) in [5, 5.41) is 7.14. The summed E-state index contributed by atoms with van der Waals surface area (Å²) in [7, 11) is 1.99. The van der Waals surface area contributed by atoms with Gasteiger partial charge in [-0.3, -0.25) is 4.79 Å². The van der Waals surface area contributed by atoms with E-state index in [1.807, 2.05) is 68.6 Å². The van der Waals surface area contributed by atoms with Gasteiger partial charge in [0, 0.05) is 41.7 Å². The van der Waals surface area contributed by atoms with Crippen LogP contribution in [0.25, 0.3) is 33.4 Å². The molecule has 0 radical (unpaired) electrons. The number of amides is 1. The summed E-state index contributed by atoms with van der Waals surface area (Å²) in [5.41, 5.74) is 7.09. The lowest BCUT2D eigenvalue weighted by atomic mass is 9.98. The highest BCUT2D eigenvalue weighted by molar-refractivity contribution is 6.09. The van der Waals surface area contributed by atoms with Crippen molar-refractivity contribution in [3.63, 3.8) is 0 Å². The summed E-state index contributed by atoms with van der Waals surface area (Å²) >= 11 is 0. The minimum absolute atomic E-state index is 0.256. The number of fused-ring (bicyclic) bond motifs is 2. The Morgan fingerprint density at radius 3 is 2.68 bits per heavy atom. The van der Waals surface area contributed by atoms with Crippen LogP contribution in [0.15, 0.2) is 73.6 Å². The summed E-state index contributed by atoms with van der Waals surface area (Å²) in [6.45, 7) is 5.90. The van der Waals surface area contributed by atoms with E-state index < -0.39 is 0 Å². The molecule has 9 heteroatoms. The van der Waals surface area contributed by atoms with Crippen LogP contribution in [0.4, 0.5) is 11.5 Å². The third kappa shape index (κ3) is 3.96. The van der Waals surface area contributed by atoms with Crippen LogP contribution in [-0.4, -0.2) is 30.4 Å². The topological polar surface area (TPSA) is 107 Å². The first kappa shape index (κ1) is 22.4. The van der Waals surface area contributed by atoms with E-state index in [1.54, 1.807) is 6.33 Å². The average molecular weight is 490 g/mol. The van der Waals surface area contributed by atoms with Gasteiger partial charge in [-0.15, -0.1) is 0 Å². The lowest BCUT2D eigenvalue weighted by Gasteiger charge is -2.13. The van der Waals surface area contributed by atoms with Crippen LogP contribution in [0.5, 0.6) is 11.8 Å². The third-order valence-electron chi connectivity index (χ3n) is 6.29. The minimum atomic E-state index is -0.256. The third-order valence-corrected chi connectivity index (χ3v) is 6.29. The molecule has 6 rings (SSSR count). The van der Waals surface area contributed by atoms with Crippen molar-refractivity contribution >= 4 is 28.4 Å². The number of aryl methyl sites for hydroxylation is 2. The van der Waals surface area contributed by atoms with Crippen LogP contribution in [0, 0.1) is 6.92 Å². The van der Waals surface area contributed by atoms with Crippen molar-refractivity contribution in [3.05, 3.63) is 85.0 Å². The van der Waals surface area contributed by atoms with Gasteiger partial charge in [0.1, 0.15) is 17.8 Å². The number of anilines is 2. The Balaban J connectivity index is 1.48. The van der Waals surface area contributed by atoms with Gasteiger partial charge in [-0.1, -0.05) is 24.8 Å². The van der Waals surface area contributed by atoms with Gasteiger partial charge >= 0.3 is 0 Å². The maximum Gasteiger partial charge on any atom is 0.247 e. The van der Waals surface area contributed by atoms with Crippen molar-refractivity contribution in [1.29, 1.82) is 0 Å². The van der Waals surface area contributed by atoms with Crippen molar-refractivity contribution in [2.45, 2.75) is 13.5 Å². The molecule has 1 aliphatic heterocycles. The fraction of sp³-hybridized carbons (Fsp3) is 0.107. The normalized spacial score (nSPS) is 11.8. The number of hydrogen-bond acceptors (Lipinski definition) is 7. The second-order valence-electron chi connectivity index (χ2n) is 8.69. The Labute approximate surface area is 212 Å². The van der Waals surface area contributed by atoms with Gasteiger partial charge in [-0.05, 0) is 42.8 Å². The molecule has 37 heavy (non-hydrogen) atoms. The van der Waals surface area contributed by atoms with E-state index in [0.29, 0.717) is 24.0 Å². The highest BCUT2D eigenvalue weighted by Crippen LogP contribution is 2.45. The van der Waals surface area contributed by atoms with Crippen molar-refractivity contribution < 1.29 is 9.53 Å². The number of nitrogens with zero attached hydrogens (tertiary/aromatic N) is 5. The molecule has 0 spiro atoms. The lowest BCUT2D eigenvalue weighted by Crippen LogP contribution is -2.07. The molecule has 2 N–H and O–H groups in total. The molecule has 1 aromatic carbocycles. The molecule has 0 fully saturated rings. The monoisotopic (exact) mass is 489 g/mol. The molecular formula is C28H23N7O2. The summed E-state index contributed by atoms with van der Waals surface area (Å²) in [6.07, 6.45) is 2.81. The molecule has 0 saturated carbocycles. The molecule has 9 nitrogen and oxygen atoms in total. The first-order chi connectivity index (χ1) is 18.0. The summed E-state index contributed by atoms with van der Waals surface area (Å²) < 4.78 is 8.03. The molecule has 5 heterocycles. The molecule has 5 aromatic rings. The van der Waals surface area contributed by atoms with Crippen LogP contribution >= 0.6 is 0 Å². The molecule has 0 atom stereocenters. The number of hydrogen-bond donors (Lipinski definition) is 2. The molecule has 0 bridgehead atoms. The van der Waals surface area contributed by atoms with Gasteiger partial charge in [0.15, 0.2) is 0 Å². The summed E-state index contributed by atoms with van der Waals surface area (Å²) in [6, 6.07) is 17.2. The first-order valence-corrected chi connectivity index (χ1v) is 11.7. The standard InChI is InChI=1S/C28H23N7O2/c1-4-21(36)33-18-10-8-17(9-11-18)26-24-19-12-13-23(37-22-7-5-6-16(2)32-22)34-20(19)14-29-27-25(24)28(35(26)3)31-15-30-27/h4-13,15H,1,14H2,2-3H3,(H,33,36)(H,29,30,31). The van der Waals surface area contributed by atoms with Crippen LogP contribution in [0.1, 0.15) is 11.4 Å². The van der Waals surface area contributed by atoms with E-state index in [9.17, 15) is 4.79 Å². The van der Waals surface area contributed by atoms with E-state index in [1.165, 1.54) is 6.08 Å². The zero-order valence-electron chi connectivity index (χ0n) is 20.3. The first-order valence-electron chi connectivity index (χ1n) is 11.7. The predicted molar refractivity (Wildman–Crippen MR) is 142 cm³/mol. The molecule has 0 saturated heterocycles. The number of pyridine rings is 2. The second kappa shape index (κ2) is 8.87. The Bertz CT molecular complexity index is 1690. The molecule has 1 aliphatic rings. The number of aromatic nitrogens is 5. The molecule has 4 aromatic heterocycles. The Hall–Kier alpha value is -5.05. The quantitative estimate of drug-likeness (QED) is 0.325. The number of rotatable bonds is 5. The fourth-order valence-corrected chi connectivity index (χ4v) is 4.64. The number of carbonyl (C=O) groups is 1. The zero-order valence-corrected chi connectivity index (χ0v) is 20.3. The molecule has 0 aliphatic carbocycles. The Morgan fingerprint density at radius 1 is 1.08 bits per heavy atom. The highest BCUT2D eigenvalue weighted by atomic mass is 16.5. The van der Waals surface area contributed by atoms with Gasteiger partial charge in [0.05, 0.1) is 23.3 Å². The largest absolute Gasteiger partial charge is 0.421 e. The Morgan fingerprint density at radius 2 is 1.89 bits per heavy atom. The number of ether oxygens (including phenoxy) is 1. The summed E-state index contributed by atoms with van der Waals surface area (Å²) in [4.78, 5) is 30.1. The SMILES string of the molecule is C=CC(=O)Nc1ccc(-c2c3c4c(ncnc4n2C)NCc2nc(Oc4cccc(C)n4)ccc2-3)cc1. The average Bonchev–Trinajstić information content (AvgIpc) is 3.10. The predicted octanol–water partition coefficient (Wildman–Crippen LogP) is 5.24. The van der Waals surface area contributed by atoms with Gasteiger partial charge in [0.25, 0.3) is 0 Å². The maximum absolute atomic E-state index is 11.7. The Kier molecular flexibility index (Phi) is 5.37. The smallest absolute Gasteiger partial charge is 0.247 e. The molecule has 1 amide bonds. The number of benzene rings is 1. The zero-order chi connectivity index (χ0) is 25.5. The number of carbonyl (C=O) groups excluding carboxylic acids is 1. The van der Waals surface area contributed by atoms with Crippen LogP contribution in [0.2, 0.25) is 0 Å². The van der Waals surface area contributed by atoms with E-state index >= 15 is 0 Å². The van der Waals surface area contributed by atoms with Gasteiger partial charge in [-0.25, -0.2) is 19.9 Å². The van der Waals surface area contributed by atoms with Crippen molar-refractivity contribution in [2.24, 2.45) is 7.05 Å². The lowest BCUT2D eigenvalue weighted by molar-refractivity contribution is -0.111.